The SMILES string of the molecule is CC(COC(=O)NCC1(C)CC(NC(=O)OCC2CN3CCN2CC3)CC(C)(C)C1)CN1CCN(C)CC1. The molecule has 4 heterocycles. The molecule has 10 heteroatoms. The lowest BCUT2D eigenvalue weighted by atomic mass is 9.62. The Morgan fingerprint density at radius 2 is 1.66 bits per heavy atom. The van der Waals surface area contributed by atoms with Crippen LogP contribution >= 0.6 is 0 Å². The number of likely N-dealkylation sites (N-methyl/N-ethyl adjacent to an activating group) is 1. The summed E-state index contributed by atoms with van der Waals surface area (Å²) in [7, 11) is 2.16. The van der Waals surface area contributed by atoms with Crippen molar-refractivity contribution in [3.8, 4) is 0 Å². The summed E-state index contributed by atoms with van der Waals surface area (Å²) in [6.07, 6.45) is 2.00. The predicted octanol–water partition coefficient (Wildman–Crippen LogP) is 1.91. The second-order valence-corrected chi connectivity index (χ2v) is 13.7. The number of hydrogen-bond donors (Lipinski definition) is 2. The normalized spacial score (nSPS) is 34.3. The Morgan fingerprint density at radius 3 is 2.32 bits per heavy atom. The van der Waals surface area contributed by atoms with Crippen molar-refractivity contribution in [2.45, 2.75) is 59.0 Å². The van der Waals surface area contributed by atoms with Gasteiger partial charge in [0.2, 0.25) is 0 Å². The van der Waals surface area contributed by atoms with E-state index in [9.17, 15) is 9.59 Å². The first kappa shape index (κ1) is 29.4. The molecular formula is C28H52N6O4. The predicted molar refractivity (Wildman–Crippen MR) is 148 cm³/mol. The number of fused-ring (bicyclic) bond motifs is 3. The van der Waals surface area contributed by atoms with E-state index in [1.807, 2.05) is 0 Å². The highest BCUT2D eigenvalue weighted by Gasteiger charge is 2.42. The minimum absolute atomic E-state index is 0.0181. The van der Waals surface area contributed by atoms with Gasteiger partial charge in [0.1, 0.15) is 6.61 Å². The first-order chi connectivity index (χ1) is 18.0. The number of nitrogens with zero attached hydrogens (tertiary/aromatic N) is 4. The minimum Gasteiger partial charge on any atom is -0.449 e. The maximum Gasteiger partial charge on any atom is 0.407 e. The van der Waals surface area contributed by atoms with E-state index in [1.165, 1.54) is 0 Å². The number of rotatable bonds is 9. The molecular weight excluding hydrogens is 484 g/mol. The van der Waals surface area contributed by atoms with Crippen LogP contribution in [-0.2, 0) is 9.47 Å². The van der Waals surface area contributed by atoms with Crippen LogP contribution in [0, 0.1) is 16.7 Å². The van der Waals surface area contributed by atoms with Gasteiger partial charge in [-0.05, 0) is 37.1 Å². The van der Waals surface area contributed by atoms with Crippen LogP contribution in [0.4, 0.5) is 9.59 Å². The topological polar surface area (TPSA) is 89.6 Å². The van der Waals surface area contributed by atoms with Crippen molar-refractivity contribution in [1.29, 1.82) is 0 Å². The number of nitrogens with one attached hydrogen (secondary N) is 2. The van der Waals surface area contributed by atoms with Gasteiger partial charge in [0.25, 0.3) is 0 Å². The second-order valence-electron chi connectivity index (χ2n) is 13.7. The molecule has 4 atom stereocenters. The van der Waals surface area contributed by atoms with Gasteiger partial charge >= 0.3 is 12.2 Å². The highest BCUT2D eigenvalue weighted by molar-refractivity contribution is 5.68. The molecule has 4 aliphatic heterocycles. The van der Waals surface area contributed by atoms with Crippen LogP contribution in [0.15, 0.2) is 0 Å². The molecule has 0 aromatic carbocycles. The van der Waals surface area contributed by atoms with Gasteiger partial charge in [-0.15, -0.1) is 0 Å². The van der Waals surface area contributed by atoms with Gasteiger partial charge < -0.3 is 29.9 Å². The van der Waals surface area contributed by atoms with Gasteiger partial charge in [0.15, 0.2) is 0 Å². The lowest BCUT2D eigenvalue weighted by Gasteiger charge is -2.47. The molecule has 2 N–H and O–H groups in total. The Bertz CT molecular complexity index is 796. The third-order valence-electron chi connectivity index (χ3n) is 8.89. The zero-order chi connectivity index (χ0) is 27.3. The van der Waals surface area contributed by atoms with Gasteiger partial charge in [-0.2, -0.15) is 0 Å². The molecule has 0 spiro atoms. The van der Waals surface area contributed by atoms with Crippen molar-refractivity contribution in [2.24, 2.45) is 16.7 Å². The number of alkyl carbamates (subject to hydrolysis) is 2. The van der Waals surface area contributed by atoms with E-state index in [4.69, 9.17) is 9.47 Å². The third-order valence-corrected chi connectivity index (χ3v) is 8.89. The lowest BCUT2D eigenvalue weighted by Crippen LogP contribution is -2.62. The van der Waals surface area contributed by atoms with Crippen LogP contribution in [0.3, 0.4) is 0 Å². The molecule has 2 bridgehead atoms. The van der Waals surface area contributed by atoms with E-state index < -0.39 is 0 Å². The van der Waals surface area contributed by atoms with Crippen LogP contribution in [0.2, 0.25) is 0 Å². The Hall–Kier alpha value is -1.62. The first-order valence-corrected chi connectivity index (χ1v) is 14.7. The summed E-state index contributed by atoms with van der Waals surface area (Å²) >= 11 is 0. The second kappa shape index (κ2) is 12.7. The molecule has 4 saturated heterocycles. The van der Waals surface area contributed by atoms with E-state index >= 15 is 0 Å². The zero-order valence-corrected chi connectivity index (χ0v) is 24.5. The molecule has 5 aliphatic rings. The standard InChI is InChI=1S/C28H52N6O4/c1-22(16-32-8-6-31(5)7-9-32)18-37-25(35)29-21-28(4)15-23(14-27(2,3)20-28)30-26(36)38-19-24-17-33-10-12-34(24)13-11-33/h22-24H,6-21H2,1-5H3,(H,29,35)(H,30,36). The number of carbonyl (C=O) groups excluding carboxylic acids is 2. The van der Waals surface area contributed by atoms with Crippen molar-refractivity contribution in [1.82, 2.24) is 30.2 Å². The fourth-order valence-corrected chi connectivity index (χ4v) is 7.21. The van der Waals surface area contributed by atoms with Crippen LogP contribution in [-0.4, -0.2) is 136 Å². The van der Waals surface area contributed by atoms with Crippen molar-refractivity contribution in [3.63, 3.8) is 0 Å². The molecule has 0 aromatic rings. The highest BCUT2D eigenvalue weighted by Crippen LogP contribution is 2.45. The molecule has 1 aliphatic carbocycles. The van der Waals surface area contributed by atoms with Crippen molar-refractivity contribution in [3.05, 3.63) is 0 Å². The first-order valence-electron chi connectivity index (χ1n) is 14.7. The van der Waals surface area contributed by atoms with E-state index in [0.717, 1.165) is 84.7 Å². The Morgan fingerprint density at radius 1 is 0.947 bits per heavy atom. The molecule has 10 nitrogen and oxygen atoms in total. The van der Waals surface area contributed by atoms with E-state index in [2.05, 4.69) is 65.0 Å². The minimum atomic E-state index is -0.351. The van der Waals surface area contributed by atoms with Gasteiger partial charge in [0.05, 0.1) is 12.6 Å². The molecule has 38 heavy (non-hydrogen) atoms. The molecule has 0 aromatic heterocycles. The van der Waals surface area contributed by atoms with Gasteiger partial charge in [0, 0.05) is 84.0 Å². The van der Waals surface area contributed by atoms with Crippen molar-refractivity contribution < 1.29 is 19.1 Å². The lowest BCUT2D eigenvalue weighted by molar-refractivity contribution is -0.0160. The maximum atomic E-state index is 12.7. The summed E-state index contributed by atoms with van der Waals surface area (Å²) < 4.78 is 11.2. The maximum absolute atomic E-state index is 12.7. The van der Waals surface area contributed by atoms with Gasteiger partial charge in [-0.25, -0.2) is 9.59 Å². The van der Waals surface area contributed by atoms with Gasteiger partial charge in [-0.3, -0.25) is 9.80 Å². The fourth-order valence-electron chi connectivity index (χ4n) is 7.21. The Kier molecular flexibility index (Phi) is 9.82. The molecule has 0 radical (unpaired) electrons. The molecule has 5 rings (SSSR count). The van der Waals surface area contributed by atoms with Crippen molar-refractivity contribution >= 4 is 12.2 Å². The van der Waals surface area contributed by atoms with Crippen LogP contribution < -0.4 is 10.6 Å². The third kappa shape index (κ3) is 8.69. The smallest absolute Gasteiger partial charge is 0.407 e. The van der Waals surface area contributed by atoms with E-state index in [1.54, 1.807) is 0 Å². The van der Waals surface area contributed by atoms with Crippen LogP contribution in [0.25, 0.3) is 0 Å². The van der Waals surface area contributed by atoms with Gasteiger partial charge in [-0.1, -0.05) is 27.7 Å². The molecule has 218 valence electrons. The number of ether oxygens (including phenoxy) is 2. The number of carbonyl (C=O) groups is 2. The molecule has 1 saturated carbocycles. The number of amides is 2. The quantitative estimate of drug-likeness (QED) is 0.462. The van der Waals surface area contributed by atoms with Crippen LogP contribution in [0.1, 0.15) is 47.0 Å². The highest BCUT2D eigenvalue weighted by atomic mass is 16.6. The number of hydrogen-bond acceptors (Lipinski definition) is 8. The van der Waals surface area contributed by atoms with Crippen molar-refractivity contribution in [2.75, 3.05) is 92.3 Å². The summed E-state index contributed by atoms with van der Waals surface area (Å²) in [6.45, 7) is 20.8. The molecule has 5 fully saturated rings. The largest absolute Gasteiger partial charge is 0.449 e. The van der Waals surface area contributed by atoms with E-state index in [-0.39, 0.29) is 29.1 Å². The Balaban J connectivity index is 1.17. The molecule has 2 amide bonds. The molecule has 4 unspecified atom stereocenters. The number of piperazine rings is 4. The summed E-state index contributed by atoms with van der Waals surface area (Å²) in [5, 5.41) is 6.15. The average Bonchev–Trinajstić information content (AvgIpc) is 2.86. The monoisotopic (exact) mass is 536 g/mol. The zero-order valence-electron chi connectivity index (χ0n) is 24.5. The summed E-state index contributed by atoms with van der Waals surface area (Å²) in [5.74, 6) is 0.297. The summed E-state index contributed by atoms with van der Waals surface area (Å²) in [6, 6.07) is 0.320. The fraction of sp³-hybridized carbons (Fsp3) is 0.929. The summed E-state index contributed by atoms with van der Waals surface area (Å²) in [5.41, 5.74) is -0.0826. The average molecular weight is 537 g/mol. The Labute approximate surface area is 229 Å². The summed E-state index contributed by atoms with van der Waals surface area (Å²) in [4.78, 5) is 34.9. The van der Waals surface area contributed by atoms with E-state index in [0.29, 0.717) is 31.7 Å². The van der Waals surface area contributed by atoms with Crippen LogP contribution in [0.5, 0.6) is 0 Å².